The van der Waals surface area contributed by atoms with E-state index in [0.29, 0.717) is 0 Å². The van der Waals surface area contributed by atoms with Crippen molar-refractivity contribution < 1.29 is 0 Å². The van der Waals surface area contributed by atoms with Gasteiger partial charge in [0, 0.05) is 11.3 Å². The molecule has 1 aromatic heterocycles. The third-order valence-electron chi connectivity index (χ3n) is 8.01. The molecule has 0 N–H and O–H groups in total. The maximum Gasteiger partial charge on any atom is 0.145 e. The van der Waals surface area contributed by atoms with Gasteiger partial charge in [0.05, 0.1) is 11.4 Å². The first-order valence-corrected chi connectivity index (χ1v) is 13.6. The molecule has 0 fully saturated rings. The molecule has 7 aromatic rings. The number of imidazole rings is 1. The number of hydrogen-bond acceptors (Lipinski definition) is 1. The van der Waals surface area contributed by atoms with Crippen LogP contribution in [0.3, 0.4) is 0 Å². The zero-order valence-corrected chi connectivity index (χ0v) is 21.5. The van der Waals surface area contributed by atoms with Crippen LogP contribution in [0.15, 0.2) is 127 Å². The van der Waals surface area contributed by atoms with Crippen molar-refractivity contribution in [1.82, 2.24) is 9.55 Å². The van der Waals surface area contributed by atoms with Crippen LogP contribution in [-0.4, -0.2) is 9.55 Å². The van der Waals surface area contributed by atoms with Crippen molar-refractivity contribution in [3.63, 3.8) is 0 Å². The van der Waals surface area contributed by atoms with Crippen LogP contribution >= 0.6 is 0 Å². The molecule has 0 saturated carbocycles. The SMILES string of the molecule is C1=Cc2c(nc(-c3cccc(-c4cc5ccc6ccccc6c5c5ccccc45)c3)n2-c2ccccc2)CC1. The normalized spacial score (nSPS) is 12.8. The summed E-state index contributed by atoms with van der Waals surface area (Å²) in [6, 6.07) is 43.9. The first-order chi connectivity index (χ1) is 19.3. The van der Waals surface area contributed by atoms with Crippen LogP contribution in [0.5, 0.6) is 0 Å². The summed E-state index contributed by atoms with van der Waals surface area (Å²) in [5, 5.41) is 7.72. The largest absolute Gasteiger partial charge is 0.293 e. The first kappa shape index (κ1) is 22.1. The second-order valence-corrected chi connectivity index (χ2v) is 10.3. The number of fused-ring (bicyclic) bond motifs is 6. The van der Waals surface area contributed by atoms with E-state index in [1.807, 2.05) is 0 Å². The van der Waals surface area contributed by atoms with E-state index in [0.717, 1.165) is 29.9 Å². The van der Waals surface area contributed by atoms with Gasteiger partial charge in [-0.05, 0) is 86.6 Å². The highest BCUT2D eigenvalue weighted by atomic mass is 15.1. The summed E-state index contributed by atoms with van der Waals surface area (Å²) in [5.74, 6) is 0.996. The number of nitrogens with zero attached hydrogens (tertiary/aromatic N) is 2. The number of para-hydroxylation sites is 1. The van der Waals surface area contributed by atoms with Crippen molar-refractivity contribution in [1.29, 1.82) is 0 Å². The molecule has 0 atom stereocenters. The summed E-state index contributed by atoms with van der Waals surface area (Å²) in [5.41, 5.74) is 7.08. The molecule has 1 aliphatic carbocycles. The Morgan fingerprint density at radius 3 is 2.23 bits per heavy atom. The fourth-order valence-electron chi connectivity index (χ4n) is 6.22. The molecule has 1 heterocycles. The molecule has 0 unspecified atom stereocenters. The number of rotatable bonds is 3. The number of aromatic nitrogens is 2. The fraction of sp³-hybridized carbons (Fsp3) is 0.0541. The molecule has 0 bridgehead atoms. The zero-order valence-electron chi connectivity index (χ0n) is 21.5. The summed E-state index contributed by atoms with van der Waals surface area (Å²) in [6.07, 6.45) is 6.50. The predicted molar refractivity (Wildman–Crippen MR) is 164 cm³/mol. The Balaban J connectivity index is 1.37. The van der Waals surface area contributed by atoms with Gasteiger partial charge in [-0.25, -0.2) is 4.98 Å². The molecular formula is C37H26N2. The smallest absolute Gasteiger partial charge is 0.145 e. The van der Waals surface area contributed by atoms with Crippen LogP contribution in [0.1, 0.15) is 17.8 Å². The Labute approximate surface area is 227 Å². The molecule has 6 aromatic carbocycles. The summed E-state index contributed by atoms with van der Waals surface area (Å²) in [4.78, 5) is 5.19. The summed E-state index contributed by atoms with van der Waals surface area (Å²) >= 11 is 0. The molecule has 2 nitrogen and oxygen atoms in total. The van der Waals surface area contributed by atoms with Gasteiger partial charge in [-0.3, -0.25) is 4.57 Å². The van der Waals surface area contributed by atoms with E-state index in [1.165, 1.54) is 54.8 Å². The monoisotopic (exact) mass is 498 g/mol. The molecule has 0 saturated heterocycles. The molecule has 0 radical (unpaired) electrons. The van der Waals surface area contributed by atoms with E-state index in [-0.39, 0.29) is 0 Å². The lowest BCUT2D eigenvalue weighted by Crippen LogP contribution is -2.01. The number of allylic oxidation sites excluding steroid dienone is 1. The lowest BCUT2D eigenvalue weighted by atomic mass is 9.90. The van der Waals surface area contributed by atoms with Gasteiger partial charge < -0.3 is 0 Å². The van der Waals surface area contributed by atoms with Gasteiger partial charge in [0.15, 0.2) is 0 Å². The highest BCUT2D eigenvalue weighted by Gasteiger charge is 2.20. The van der Waals surface area contributed by atoms with Crippen LogP contribution in [0.2, 0.25) is 0 Å². The molecule has 39 heavy (non-hydrogen) atoms. The Bertz CT molecular complexity index is 2060. The number of hydrogen-bond donors (Lipinski definition) is 0. The van der Waals surface area contributed by atoms with E-state index < -0.39 is 0 Å². The van der Waals surface area contributed by atoms with E-state index >= 15 is 0 Å². The summed E-state index contributed by atoms with van der Waals surface area (Å²) < 4.78 is 2.31. The minimum absolute atomic E-state index is 0.974. The van der Waals surface area contributed by atoms with Crippen molar-refractivity contribution in [2.45, 2.75) is 12.8 Å². The van der Waals surface area contributed by atoms with Gasteiger partial charge in [0.2, 0.25) is 0 Å². The van der Waals surface area contributed by atoms with E-state index in [9.17, 15) is 0 Å². The van der Waals surface area contributed by atoms with Gasteiger partial charge in [-0.15, -0.1) is 0 Å². The molecule has 1 aliphatic rings. The number of benzene rings is 6. The molecular weight excluding hydrogens is 472 g/mol. The Kier molecular flexibility index (Phi) is 4.99. The molecule has 0 aliphatic heterocycles. The Morgan fingerprint density at radius 1 is 0.590 bits per heavy atom. The van der Waals surface area contributed by atoms with Crippen LogP contribution in [0.4, 0.5) is 0 Å². The maximum absolute atomic E-state index is 5.19. The van der Waals surface area contributed by atoms with Gasteiger partial charge in [-0.2, -0.15) is 0 Å². The van der Waals surface area contributed by atoms with Crippen molar-refractivity contribution in [2.24, 2.45) is 0 Å². The van der Waals surface area contributed by atoms with Crippen molar-refractivity contribution in [3.8, 4) is 28.2 Å². The van der Waals surface area contributed by atoms with Crippen molar-refractivity contribution >= 4 is 38.4 Å². The lowest BCUT2D eigenvalue weighted by molar-refractivity contribution is 0.936. The topological polar surface area (TPSA) is 17.8 Å². The third kappa shape index (κ3) is 3.53. The van der Waals surface area contributed by atoms with Gasteiger partial charge in [0.25, 0.3) is 0 Å². The minimum Gasteiger partial charge on any atom is -0.293 e. The Morgan fingerprint density at radius 2 is 1.33 bits per heavy atom. The average molecular weight is 499 g/mol. The highest BCUT2D eigenvalue weighted by Crippen LogP contribution is 2.39. The van der Waals surface area contributed by atoms with E-state index in [4.69, 9.17) is 4.98 Å². The second kappa shape index (κ2) is 8.82. The fourth-order valence-corrected chi connectivity index (χ4v) is 6.22. The van der Waals surface area contributed by atoms with E-state index in [2.05, 4.69) is 138 Å². The summed E-state index contributed by atoms with van der Waals surface area (Å²) in [7, 11) is 0. The van der Waals surface area contributed by atoms with Crippen LogP contribution in [-0.2, 0) is 6.42 Å². The quantitative estimate of drug-likeness (QED) is 0.222. The van der Waals surface area contributed by atoms with Crippen LogP contribution in [0.25, 0.3) is 66.6 Å². The maximum atomic E-state index is 5.19. The lowest BCUT2D eigenvalue weighted by Gasteiger charge is -2.15. The van der Waals surface area contributed by atoms with Gasteiger partial charge >= 0.3 is 0 Å². The minimum atomic E-state index is 0.974. The molecule has 184 valence electrons. The molecule has 2 heteroatoms. The van der Waals surface area contributed by atoms with Gasteiger partial charge in [-0.1, -0.05) is 103 Å². The standard InChI is InChI=1S/C37H26N2/c1-2-14-29(15-3-1)39-35-20-9-8-19-34(35)38-37(39)28-13-10-12-26(23-28)33-24-27-22-21-25-11-4-5-16-30(25)36(27)32-18-7-6-17-31(32)33/h1-7,9-18,20-24H,8,19H2. The van der Waals surface area contributed by atoms with Crippen molar-refractivity contribution in [2.75, 3.05) is 0 Å². The van der Waals surface area contributed by atoms with Gasteiger partial charge in [0.1, 0.15) is 5.82 Å². The van der Waals surface area contributed by atoms with Crippen LogP contribution < -0.4 is 0 Å². The third-order valence-corrected chi connectivity index (χ3v) is 8.01. The van der Waals surface area contributed by atoms with Crippen LogP contribution in [0, 0.1) is 0 Å². The first-order valence-electron chi connectivity index (χ1n) is 13.6. The van der Waals surface area contributed by atoms with Crippen molar-refractivity contribution in [3.05, 3.63) is 139 Å². The second-order valence-electron chi connectivity index (χ2n) is 10.3. The summed E-state index contributed by atoms with van der Waals surface area (Å²) in [6.45, 7) is 0. The predicted octanol–water partition coefficient (Wildman–Crippen LogP) is 9.63. The molecule has 0 amide bonds. The zero-order chi connectivity index (χ0) is 25.8. The van der Waals surface area contributed by atoms with E-state index in [1.54, 1.807) is 0 Å². The highest BCUT2D eigenvalue weighted by molar-refractivity contribution is 6.23. The molecule has 0 spiro atoms. The molecule has 8 rings (SSSR count). The number of aryl methyl sites for hydroxylation is 1. The Hall–Kier alpha value is -4.95. The average Bonchev–Trinajstić information content (AvgIpc) is 3.41.